The zero-order chi connectivity index (χ0) is 8.43. The van der Waals surface area contributed by atoms with Crippen LogP contribution < -0.4 is 35.3 Å². The first-order valence-corrected chi connectivity index (χ1v) is 3.65. The molecule has 2 nitrogen and oxygen atoms in total. The van der Waals surface area contributed by atoms with E-state index in [2.05, 4.69) is 12.6 Å². The van der Waals surface area contributed by atoms with Crippen molar-refractivity contribution in [1.29, 1.82) is 0 Å². The van der Waals surface area contributed by atoms with Gasteiger partial charge in [-0.15, -0.1) is 12.6 Å². The summed E-state index contributed by atoms with van der Waals surface area (Å²) in [6.45, 7) is 1.51. The minimum Gasteiger partial charge on any atom is -1.00 e. The van der Waals surface area contributed by atoms with Crippen molar-refractivity contribution in [2.45, 2.75) is 11.8 Å². The smallest absolute Gasteiger partial charge is 1.00 e. The van der Waals surface area contributed by atoms with Crippen LogP contribution in [-0.2, 0) is 0 Å². The van der Waals surface area contributed by atoms with Crippen LogP contribution in [0.5, 0.6) is 0 Å². The Kier molecular flexibility index (Phi) is 4.94. The molecule has 0 bridgehead atoms. The largest absolute Gasteiger partial charge is 1.00 e. The minimum absolute atomic E-state index is 0. The van der Waals surface area contributed by atoms with Crippen molar-refractivity contribution in [3.63, 3.8) is 0 Å². The Balaban J connectivity index is 0. The van der Waals surface area contributed by atoms with Crippen LogP contribution >= 0.6 is 12.6 Å². The molecule has 0 spiro atoms. The number of carbonyl (C=O) groups excluding carboxylic acids is 1. The van der Waals surface area contributed by atoms with E-state index in [9.17, 15) is 4.79 Å². The first-order chi connectivity index (χ1) is 5.11. The molecule has 0 atom stereocenters. The third-order valence-corrected chi connectivity index (χ3v) is 1.84. The second-order valence-electron chi connectivity index (χ2n) is 2.33. The normalized spacial score (nSPS) is 8.83. The average molecular weight is 191 g/mol. The molecule has 12 heavy (non-hydrogen) atoms. The van der Waals surface area contributed by atoms with Gasteiger partial charge < -0.3 is 7.16 Å². The van der Waals surface area contributed by atoms with Crippen molar-refractivity contribution < 1.29 is 35.8 Å². The predicted molar refractivity (Wildman–Crippen MR) is 49.2 cm³/mol. The summed E-state index contributed by atoms with van der Waals surface area (Å²) in [5.41, 5.74) is 6.70. The first-order valence-electron chi connectivity index (χ1n) is 3.20. The molecule has 0 saturated carbocycles. The van der Waals surface area contributed by atoms with Gasteiger partial charge in [-0.1, -0.05) is 6.07 Å². The van der Waals surface area contributed by atoms with Crippen LogP contribution in [-0.4, -0.2) is 5.78 Å². The van der Waals surface area contributed by atoms with Gasteiger partial charge in [-0.05, 0) is 19.1 Å². The Morgan fingerprint density at radius 3 is 2.58 bits per heavy atom. The van der Waals surface area contributed by atoms with E-state index in [4.69, 9.17) is 5.73 Å². The van der Waals surface area contributed by atoms with Crippen LogP contribution in [0.4, 0.5) is 5.69 Å². The fourth-order valence-electron chi connectivity index (χ4n) is 0.774. The van der Waals surface area contributed by atoms with Crippen LogP contribution in [0.15, 0.2) is 23.1 Å². The molecule has 0 aliphatic rings. The Morgan fingerprint density at radius 1 is 1.58 bits per heavy atom. The topological polar surface area (TPSA) is 43.1 Å². The number of thiol groups is 1. The number of hydrogen-bond acceptors (Lipinski definition) is 3. The molecule has 0 unspecified atom stereocenters. The molecule has 0 heterocycles. The van der Waals surface area contributed by atoms with Gasteiger partial charge in [0.2, 0.25) is 0 Å². The number of Topliss-reactive ketones (excluding diaryl/α,β-unsaturated/α-hetero) is 1. The first kappa shape index (κ1) is 12.0. The summed E-state index contributed by atoms with van der Waals surface area (Å²) < 4.78 is 0. The van der Waals surface area contributed by atoms with Crippen molar-refractivity contribution in [3.8, 4) is 0 Å². The summed E-state index contributed by atoms with van der Waals surface area (Å²) >= 11 is 4.08. The van der Waals surface area contributed by atoms with Crippen LogP contribution in [0.3, 0.4) is 0 Å². The molecule has 2 N–H and O–H groups in total. The minimum atomic E-state index is 0. The molecule has 0 fully saturated rings. The summed E-state index contributed by atoms with van der Waals surface area (Å²) in [6, 6.07) is 5.06. The molecule has 4 heteroatoms. The van der Waals surface area contributed by atoms with Gasteiger partial charge in [0.25, 0.3) is 0 Å². The molecule has 1 rings (SSSR count). The number of nitrogen functional groups attached to an aromatic ring is 1. The number of benzene rings is 1. The SMILES string of the molecule is CC(=O)c1ccc(S)c(N)c1.[H-].[Na+]. The van der Waals surface area contributed by atoms with Crippen LogP contribution in [0.1, 0.15) is 18.7 Å². The molecule has 0 amide bonds. The number of rotatable bonds is 1. The summed E-state index contributed by atoms with van der Waals surface area (Å²) in [7, 11) is 0. The number of hydrogen-bond donors (Lipinski definition) is 2. The summed E-state index contributed by atoms with van der Waals surface area (Å²) in [6.07, 6.45) is 0. The molecule has 0 aliphatic carbocycles. The van der Waals surface area contributed by atoms with E-state index in [0.29, 0.717) is 16.1 Å². The molecule has 0 aliphatic heterocycles. The molecule has 0 saturated heterocycles. The van der Waals surface area contributed by atoms with Gasteiger partial charge in [-0.2, -0.15) is 0 Å². The molecule has 0 radical (unpaired) electrons. The van der Waals surface area contributed by atoms with Gasteiger partial charge in [-0.25, -0.2) is 0 Å². The van der Waals surface area contributed by atoms with Crippen molar-refractivity contribution in [3.05, 3.63) is 23.8 Å². The molecule has 60 valence electrons. The Morgan fingerprint density at radius 2 is 2.17 bits per heavy atom. The number of carbonyl (C=O) groups is 1. The van der Waals surface area contributed by atoms with Crippen LogP contribution in [0.25, 0.3) is 0 Å². The molecule has 1 aromatic rings. The van der Waals surface area contributed by atoms with Crippen LogP contribution in [0, 0.1) is 0 Å². The van der Waals surface area contributed by atoms with E-state index < -0.39 is 0 Å². The van der Waals surface area contributed by atoms with Crippen molar-refractivity contribution >= 4 is 24.1 Å². The van der Waals surface area contributed by atoms with Crippen molar-refractivity contribution in [2.24, 2.45) is 0 Å². The van der Waals surface area contributed by atoms with E-state index in [-0.39, 0.29) is 36.8 Å². The third-order valence-electron chi connectivity index (χ3n) is 1.43. The van der Waals surface area contributed by atoms with Crippen molar-refractivity contribution in [1.82, 2.24) is 0 Å². The molecular weight excluding hydrogens is 181 g/mol. The summed E-state index contributed by atoms with van der Waals surface area (Å²) in [4.78, 5) is 11.5. The van der Waals surface area contributed by atoms with Crippen molar-refractivity contribution in [2.75, 3.05) is 5.73 Å². The van der Waals surface area contributed by atoms with Crippen LogP contribution in [0.2, 0.25) is 0 Å². The summed E-state index contributed by atoms with van der Waals surface area (Å²) in [5, 5.41) is 0. The van der Waals surface area contributed by atoms with Gasteiger partial charge in [0, 0.05) is 16.1 Å². The van der Waals surface area contributed by atoms with E-state index in [1.54, 1.807) is 18.2 Å². The van der Waals surface area contributed by atoms with Gasteiger partial charge in [0.05, 0.1) is 0 Å². The fraction of sp³-hybridized carbons (Fsp3) is 0.125. The monoisotopic (exact) mass is 191 g/mol. The third kappa shape index (κ3) is 2.83. The number of nitrogens with two attached hydrogens (primary N) is 1. The maximum absolute atomic E-state index is 10.8. The van der Waals surface area contributed by atoms with E-state index >= 15 is 0 Å². The van der Waals surface area contributed by atoms with E-state index in [1.165, 1.54) is 6.92 Å². The quantitative estimate of drug-likeness (QED) is 0.255. The fourth-order valence-corrected chi connectivity index (χ4v) is 0.913. The zero-order valence-corrected chi connectivity index (χ0v) is 10.1. The second kappa shape index (κ2) is 4.92. The van der Waals surface area contributed by atoms with Gasteiger partial charge in [0.1, 0.15) is 0 Å². The molecule has 1 aromatic carbocycles. The maximum Gasteiger partial charge on any atom is 1.00 e. The van der Waals surface area contributed by atoms with E-state index in [0.717, 1.165) is 0 Å². The molecule has 0 aromatic heterocycles. The van der Waals surface area contributed by atoms with Gasteiger partial charge in [0.15, 0.2) is 5.78 Å². The predicted octanol–water partition coefficient (Wildman–Crippen LogP) is -1.12. The second-order valence-corrected chi connectivity index (χ2v) is 2.81. The Labute approximate surface area is 101 Å². The standard InChI is InChI=1S/C8H9NOS.Na.H/c1-5(10)6-2-3-8(11)7(9)4-6;;/h2-4,11H,9H2,1H3;;/q;+1;-1. The zero-order valence-electron chi connectivity index (χ0n) is 8.16. The average Bonchev–Trinajstić information content (AvgIpc) is 1.94. The maximum atomic E-state index is 10.8. The van der Waals surface area contributed by atoms with E-state index in [1.807, 2.05) is 0 Å². The van der Waals surface area contributed by atoms with Gasteiger partial charge >= 0.3 is 29.6 Å². The Bertz CT molecular complexity index is 306. The molecular formula is C8H10NNaOS. The van der Waals surface area contributed by atoms with Gasteiger partial charge in [-0.3, -0.25) is 4.79 Å². The summed E-state index contributed by atoms with van der Waals surface area (Å²) in [5.74, 6) is 0.0185. The number of anilines is 1. The Hall–Kier alpha value is 0.0400. The number of ketones is 1.